The van der Waals surface area contributed by atoms with Gasteiger partial charge in [0.15, 0.2) is 0 Å². The summed E-state index contributed by atoms with van der Waals surface area (Å²) in [4.78, 5) is 0. The minimum Gasteiger partial charge on any atom is -0.396 e. The summed E-state index contributed by atoms with van der Waals surface area (Å²) in [6.45, 7) is 6.49. The zero-order valence-electron chi connectivity index (χ0n) is 15.6. The number of aliphatic hydroxyl groups excluding tert-OH is 2. The van der Waals surface area contributed by atoms with Crippen molar-refractivity contribution in [1.82, 2.24) is 4.31 Å². The van der Waals surface area contributed by atoms with Crippen molar-refractivity contribution < 1.29 is 14.4 Å². The highest BCUT2D eigenvalue weighted by molar-refractivity contribution is 7.84. The van der Waals surface area contributed by atoms with Crippen LogP contribution in [0.3, 0.4) is 0 Å². The Morgan fingerprint density at radius 2 is 1.85 bits per heavy atom. The summed E-state index contributed by atoms with van der Waals surface area (Å²) >= 11 is 0. The summed E-state index contributed by atoms with van der Waals surface area (Å²) < 4.78 is 14.8. The molecule has 3 rings (SSSR count). The SMILES string of the molecule is CC(C)(C)S(=O)N1Cc2cc(CO)cc(-c3ccccc3)c2[C@H]1CCO. The van der Waals surface area contributed by atoms with Gasteiger partial charge >= 0.3 is 0 Å². The molecule has 4 nitrogen and oxygen atoms in total. The largest absolute Gasteiger partial charge is 0.396 e. The Bertz CT molecular complexity index is 799. The van der Waals surface area contributed by atoms with Crippen molar-refractivity contribution in [1.29, 1.82) is 0 Å². The van der Waals surface area contributed by atoms with Crippen LogP contribution < -0.4 is 0 Å². The molecule has 2 N–H and O–H groups in total. The first-order valence-electron chi connectivity index (χ1n) is 8.98. The number of fused-ring (bicyclic) bond motifs is 1. The topological polar surface area (TPSA) is 60.8 Å². The third kappa shape index (κ3) is 3.62. The third-order valence-corrected chi connectivity index (χ3v) is 6.60. The van der Waals surface area contributed by atoms with E-state index in [1.54, 1.807) is 0 Å². The molecule has 2 atom stereocenters. The smallest absolute Gasteiger partial charge is 0.101 e. The molecular formula is C21H27NO3S. The molecule has 2 aromatic rings. The lowest BCUT2D eigenvalue weighted by atomic mass is 9.90. The number of benzene rings is 2. The quantitative estimate of drug-likeness (QED) is 0.843. The van der Waals surface area contributed by atoms with E-state index in [9.17, 15) is 14.4 Å². The van der Waals surface area contributed by atoms with E-state index in [0.29, 0.717) is 13.0 Å². The standard InChI is InChI=1S/C21H27NO3S/c1-21(2,3)26(25)22-13-17-11-15(14-24)12-18(16-7-5-4-6-8-16)20(17)19(22)9-10-23/h4-8,11-12,19,23-24H,9-10,13-14H2,1-3H3/t19-,26?/m1/s1. The number of rotatable bonds is 5. The van der Waals surface area contributed by atoms with E-state index in [1.165, 1.54) is 0 Å². The van der Waals surface area contributed by atoms with Crippen molar-refractivity contribution in [3.05, 3.63) is 59.2 Å². The zero-order chi connectivity index (χ0) is 18.9. The van der Waals surface area contributed by atoms with Gasteiger partial charge in [0.1, 0.15) is 11.0 Å². The summed E-state index contributed by atoms with van der Waals surface area (Å²) in [6, 6.07) is 14.0. The van der Waals surface area contributed by atoms with E-state index in [0.717, 1.165) is 27.8 Å². The second-order valence-corrected chi connectivity index (χ2v) is 9.90. The minimum absolute atomic E-state index is 0.0276. The lowest BCUT2D eigenvalue weighted by molar-refractivity contribution is 0.238. The van der Waals surface area contributed by atoms with E-state index in [-0.39, 0.29) is 24.0 Å². The predicted octanol–water partition coefficient (Wildman–Crippen LogP) is 3.55. The molecule has 0 radical (unpaired) electrons. The lowest BCUT2D eigenvalue weighted by Gasteiger charge is -2.30. The van der Waals surface area contributed by atoms with Gasteiger partial charge in [-0.1, -0.05) is 36.4 Å². The molecule has 1 heterocycles. The molecule has 140 valence electrons. The molecular weight excluding hydrogens is 346 g/mol. The van der Waals surface area contributed by atoms with Gasteiger partial charge in [-0.05, 0) is 61.1 Å². The van der Waals surface area contributed by atoms with Crippen molar-refractivity contribution in [2.45, 2.75) is 51.1 Å². The van der Waals surface area contributed by atoms with Gasteiger partial charge in [0.2, 0.25) is 0 Å². The van der Waals surface area contributed by atoms with Crippen LogP contribution in [-0.4, -0.2) is 30.1 Å². The zero-order valence-corrected chi connectivity index (χ0v) is 16.4. The summed E-state index contributed by atoms with van der Waals surface area (Å²) in [7, 11) is -1.18. The van der Waals surface area contributed by atoms with Crippen LogP contribution in [0.5, 0.6) is 0 Å². The fourth-order valence-corrected chi connectivity index (χ4v) is 5.01. The average Bonchev–Trinajstić information content (AvgIpc) is 2.98. The molecule has 0 aliphatic carbocycles. The average molecular weight is 374 g/mol. The fraction of sp³-hybridized carbons (Fsp3) is 0.429. The number of hydrogen-bond acceptors (Lipinski definition) is 3. The van der Waals surface area contributed by atoms with Crippen LogP contribution in [0, 0.1) is 0 Å². The molecule has 1 aliphatic rings. The molecule has 0 fully saturated rings. The minimum atomic E-state index is -1.18. The Morgan fingerprint density at radius 3 is 2.42 bits per heavy atom. The molecule has 0 spiro atoms. The van der Waals surface area contributed by atoms with Crippen molar-refractivity contribution in [3.8, 4) is 11.1 Å². The van der Waals surface area contributed by atoms with Gasteiger partial charge in [-0.15, -0.1) is 0 Å². The van der Waals surface area contributed by atoms with E-state index in [1.807, 2.05) is 55.4 Å². The first kappa shape index (κ1) is 19.2. The van der Waals surface area contributed by atoms with Gasteiger partial charge in [0, 0.05) is 13.2 Å². The van der Waals surface area contributed by atoms with Gasteiger partial charge in [-0.3, -0.25) is 0 Å². The summed E-state index contributed by atoms with van der Waals surface area (Å²) in [5, 5.41) is 19.4. The van der Waals surface area contributed by atoms with Crippen LogP contribution >= 0.6 is 0 Å². The van der Waals surface area contributed by atoms with Crippen LogP contribution in [0.15, 0.2) is 42.5 Å². The van der Waals surface area contributed by atoms with Gasteiger partial charge < -0.3 is 10.2 Å². The molecule has 0 bridgehead atoms. The van der Waals surface area contributed by atoms with Crippen molar-refractivity contribution in [3.63, 3.8) is 0 Å². The highest BCUT2D eigenvalue weighted by Crippen LogP contribution is 2.44. The third-order valence-electron chi connectivity index (χ3n) is 4.74. The number of hydrogen-bond donors (Lipinski definition) is 2. The monoisotopic (exact) mass is 373 g/mol. The van der Waals surface area contributed by atoms with Crippen molar-refractivity contribution in [2.75, 3.05) is 6.61 Å². The maximum Gasteiger partial charge on any atom is 0.101 e. The Hall–Kier alpha value is -1.53. The molecule has 26 heavy (non-hydrogen) atoms. The Kier molecular flexibility index (Phi) is 5.63. The maximum atomic E-state index is 13.1. The number of nitrogens with zero attached hydrogens (tertiary/aromatic N) is 1. The van der Waals surface area contributed by atoms with Crippen LogP contribution in [0.1, 0.15) is 49.9 Å². The Labute approximate surface area is 158 Å². The summed E-state index contributed by atoms with van der Waals surface area (Å²) in [5.41, 5.74) is 5.20. The Balaban J connectivity index is 2.16. The molecule has 0 saturated heterocycles. The van der Waals surface area contributed by atoms with Gasteiger partial charge in [-0.2, -0.15) is 0 Å². The second-order valence-electron chi connectivity index (χ2n) is 7.71. The normalized spacial score (nSPS) is 18.7. The van der Waals surface area contributed by atoms with Crippen molar-refractivity contribution >= 4 is 11.0 Å². The van der Waals surface area contributed by atoms with E-state index in [2.05, 4.69) is 12.1 Å². The fourth-order valence-electron chi connectivity index (χ4n) is 3.61. The molecule has 0 saturated carbocycles. The summed E-state index contributed by atoms with van der Waals surface area (Å²) in [6.07, 6.45) is 0.535. The predicted molar refractivity (Wildman–Crippen MR) is 106 cm³/mol. The van der Waals surface area contributed by atoms with Gasteiger partial charge in [0.25, 0.3) is 0 Å². The van der Waals surface area contributed by atoms with Crippen LogP contribution in [0.2, 0.25) is 0 Å². The highest BCUT2D eigenvalue weighted by atomic mass is 32.2. The second kappa shape index (κ2) is 7.61. The number of aliphatic hydroxyl groups is 2. The van der Waals surface area contributed by atoms with Gasteiger partial charge in [0.05, 0.1) is 17.4 Å². The molecule has 1 aliphatic heterocycles. The molecule has 1 unspecified atom stereocenters. The van der Waals surface area contributed by atoms with Crippen LogP contribution in [0.4, 0.5) is 0 Å². The summed E-state index contributed by atoms with van der Waals surface area (Å²) in [5.74, 6) is 0. The van der Waals surface area contributed by atoms with Crippen molar-refractivity contribution in [2.24, 2.45) is 0 Å². The van der Waals surface area contributed by atoms with Gasteiger partial charge in [-0.25, -0.2) is 8.51 Å². The molecule has 0 amide bonds. The molecule has 2 aromatic carbocycles. The first-order chi connectivity index (χ1) is 12.4. The maximum absolute atomic E-state index is 13.1. The van der Waals surface area contributed by atoms with E-state index in [4.69, 9.17) is 0 Å². The first-order valence-corrected chi connectivity index (χ1v) is 10.1. The molecule has 0 aromatic heterocycles. The molecule has 5 heteroatoms. The highest BCUT2D eigenvalue weighted by Gasteiger charge is 2.39. The Morgan fingerprint density at radius 1 is 1.15 bits per heavy atom. The van der Waals surface area contributed by atoms with E-state index >= 15 is 0 Å². The van der Waals surface area contributed by atoms with Crippen LogP contribution in [-0.2, 0) is 24.1 Å². The lowest BCUT2D eigenvalue weighted by Crippen LogP contribution is -2.36. The van der Waals surface area contributed by atoms with Crippen LogP contribution in [0.25, 0.3) is 11.1 Å². The van der Waals surface area contributed by atoms with E-state index < -0.39 is 11.0 Å².